The van der Waals surface area contributed by atoms with Crippen molar-refractivity contribution in [3.8, 4) is 0 Å². The van der Waals surface area contributed by atoms with Gasteiger partial charge in [-0.15, -0.1) is 0 Å². The van der Waals surface area contributed by atoms with Crippen LogP contribution in [0.1, 0.15) is 11.6 Å². The summed E-state index contributed by atoms with van der Waals surface area (Å²) in [6.45, 7) is 2.56. The lowest BCUT2D eigenvalue weighted by Crippen LogP contribution is -2.05. The van der Waals surface area contributed by atoms with E-state index in [0.29, 0.717) is 6.54 Å². The molecular formula is C12H10BrN5. The van der Waals surface area contributed by atoms with E-state index in [1.807, 2.05) is 13.0 Å². The van der Waals surface area contributed by atoms with Crippen molar-refractivity contribution in [2.75, 3.05) is 0 Å². The number of nitrogens with zero attached hydrogens (tertiary/aromatic N) is 5. The number of hydrogen-bond donors (Lipinski definition) is 0. The number of imidazole rings is 1. The number of aryl methyl sites for hydroxylation is 1. The van der Waals surface area contributed by atoms with Crippen LogP contribution in [0.3, 0.4) is 0 Å². The Hall–Kier alpha value is -1.82. The van der Waals surface area contributed by atoms with Crippen LogP contribution in [0.2, 0.25) is 0 Å². The van der Waals surface area contributed by atoms with Crippen LogP contribution in [0.15, 0.2) is 35.2 Å². The van der Waals surface area contributed by atoms with E-state index in [-0.39, 0.29) is 0 Å². The van der Waals surface area contributed by atoms with Gasteiger partial charge in [-0.25, -0.2) is 19.9 Å². The van der Waals surface area contributed by atoms with Crippen molar-refractivity contribution in [2.45, 2.75) is 13.5 Å². The van der Waals surface area contributed by atoms with Gasteiger partial charge in [-0.3, -0.25) is 0 Å². The van der Waals surface area contributed by atoms with E-state index in [4.69, 9.17) is 0 Å². The van der Waals surface area contributed by atoms with Crippen molar-refractivity contribution in [3.63, 3.8) is 0 Å². The molecule has 3 aromatic heterocycles. The van der Waals surface area contributed by atoms with E-state index >= 15 is 0 Å². The Bertz CT molecular complexity index is 692. The molecule has 0 unspecified atom stereocenters. The molecule has 0 aliphatic carbocycles. The standard InChI is InChI=1S/C12H10BrN5/c1-8-17-12-10(5-9(13)6-16-12)18(8)7-11-14-3-2-4-15-11/h2-6H,7H2,1H3. The molecule has 0 atom stereocenters. The molecule has 0 saturated carbocycles. The molecule has 0 bridgehead atoms. The zero-order chi connectivity index (χ0) is 12.5. The van der Waals surface area contributed by atoms with Gasteiger partial charge in [0.2, 0.25) is 0 Å². The fraction of sp³-hybridized carbons (Fsp3) is 0.167. The number of hydrogen-bond acceptors (Lipinski definition) is 4. The van der Waals surface area contributed by atoms with Crippen molar-refractivity contribution < 1.29 is 0 Å². The van der Waals surface area contributed by atoms with Crippen molar-refractivity contribution >= 4 is 27.1 Å². The highest BCUT2D eigenvalue weighted by molar-refractivity contribution is 9.10. The second-order valence-electron chi connectivity index (χ2n) is 3.91. The van der Waals surface area contributed by atoms with E-state index < -0.39 is 0 Å². The number of halogens is 1. The first-order valence-corrected chi connectivity index (χ1v) is 6.27. The molecule has 0 amide bonds. The predicted molar refractivity (Wildman–Crippen MR) is 71.1 cm³/mol. The van der Waals surface area contributed by atoms with Gasteiger partial charge in [0, 0.05) is 23.1 Å². The highest BCUT2D eigenvalue weighted by Gasteiger charge is 2.10. The smallest absolute Gasteiger partial charge is 0.177 e. The van der Waals surface area contributed by atoms with Crippen LogP contribution >= 0.6 is 15.9 Å². The van der Waals surface area contributed by atoms with E-state index in [9.17, 15) is 0 Å². The zero-order valence-corrected chi connectivity index (χ0v) is 11.3. The maximum Gasteiger partial charge on any atom is 0.177 e. The summed E-state index contributed by atoms with van der Waals surface area (Å²) in [5.74, 6) is 1.67. The van der Waals surface area contributed by atoms with Crippen LogP contribution in [0, 0.1) is 6.92 Å². The maximum absolute atomic E-state index is 4.43. The predicted octanol–water partition coefficient (Wildman–Crippen LogP) is 2.34. The van der Waals surface area contributed by atoms with Gasteiger partial charge in [0.05, 0.1) is 12.1 Å². The SMILES string of the molecule is Cc1nc2ncc(Br)cc2n1Cc1ncccn1. The third-order valence-electron chi connectivity index (χ3n) is 2.68. The molecule has 0 spiro atoms. The fourth-order valence-electron chi connectivity index (χ4n) is 1.85. The Morgan fingerprint density at radius 2 is 2.00 bits per heavy atom. The molecule has 5 nitrogen and oxygen atoms in total. The molecule has 3 heterocycles. The zero-order valence-electron chi connectivity index (χ0n) is 9.71. The normalized spacial score (nSPS) is 11.0. The number of pyridine rings is 1. The fourth-order valence-corrected chi connectivity index (χ4v) is 2.17. The highest BCUT2D eigenvalue weighted by Crippen LogP contribution is 2.19. The first-order valence-electron chi connectivity index (χ1n) is 5.48. The van der Waals surface area contributed by atoms with Gasteiger partial charge >= 0.3 is 0 Å². The molecule has 6 heteroatoms. The van der Waals surface area contributed by atoms with E-state index in [0.717, 1.165) is 27.3 Å². The Kier molecular flexibility index (Phi) is 2.79. The topological polar surface area (TPSA) is 56.5 Å². The molecule has 0 aromatic carbocycles. The Morgan fingerprint density at radius 1 is 1.22 bits per heavy atom. The number of aromatic nitrogens is 5. The molecule has 3 rings (SSSR count). The summed E-state index contributed by atoms with van der Waals surface area (Å²) in [5.41, 5.74) is 1.72. The van der Waals surface area contributed by atoms with Gasteiger partial charge < -0.3 is 4.57 Å². The van der Waals surface area contributed by atoms with Crippen LogP contribution in [-0.2, 0) is 6.54 Å². The van der Waals surface area contributed by atoms with Crippen molar-refractivity contribution in [1.29, 1.82) is 0 Å². The second-order valence-corrected chi connectivity index (χ2v) is 4.82. The molecule has 0 N–H and O–H groups in total. The van der Waals surface area contributed by atoms with Crippen LogP contribution in [0.5, 0.6) is 0 Å². The minimum atomic E-state index is 0.599. The van der Waals surface area contributed by atoms with Gasteiger partial charge in [-0.05, 0) is 35.0 Å². The summed E-state index contributed by atoms with van der Waals surface area (Å²) >= 11 is 3.43. The molecule has 0 saturated heterocycles. The minimum absolute atomic E-state index is 0.599. The van der Waals surface area contributed by atoms with Crippen LogP contribution in [0.25, 0.3) is 11.2 Å². The molecular weight excluding hydrogens is 294 g/mol. The third kappa shape index (κ3) is 1.99. The lowest BCUT2D eigenvalue weighted by Gasteiger charge is -2.05. The lowest BCUT2D eigenvalue weighted by atomic mass is 10.4. The second kappa shape index (κ2) is 4.45. The molecule has 0 aliphatic heterocycles. The Morgan fingerprint density at radius 3 is 2.78 bits per heavy atom. The average Bonchev–Trinajstić information content (AvgIpc) is 2.67. The first-order chi connectivity index (χ1) is 8.74. The highest BCUT2D eigenvalue weighted by atomic mass is 79.9. The van der Waals surface area contributed by atoms with E-state index in [1.165, 1.54) is 0 Å². The summed E-state index contributed by atoms with van der Waals surface area (Å²) in [5, 5.41) is 0. The third-order valence-corrected chi connectivity index (χ3v) is 3.12. The molecule has 0 fully saturated rings. The summed E-state index contributed by atoms with van der Waals surface area (Å²) in [6, 6.07) is 3.81. The average molecular weight is 304 g/mol. The van der Waals surface area contributed by atoms with E-state index in [2.05, 4.69) is 40.4 Å². The molecule has 90 valence electrons. The van der Waals surface area contributed by atoms with Gasteiger partial charge in [-0.1, -0.05) is 0 Å². The first kappa shape index (κ1) is 11.3. The maximum atomic E-state index is 4.43. The largest absolute Gasteiger partial charge is 0.319 e. The quantitative estimate of drug-likeness (QED) is 0.729. The summed E-state index contributed by atoms with van der Waals surface area (Å²) in [4.78, 5) is 17.2. The summed E-state index contributed by atoms with van der Waals surface area (Å²) in [7, 11) is 0. The number of fused-ring (bicyclic) bond motifs is 1. The lowest BCUT2D eigenvalue weighted by molar-refractivity contribution is 0.736. The molecule has 18 heavy (non-hydrogen) atoms. The van der Waals surface area contributed by atoms with Crippen LogP contribution in [0.4, 0.5) is 0 Å². The van der Waals surface area contributed by atoms with Crippen LogP contribution < -0.4 is 0 Å². The van der Waals surface area contributed by atoms with Crippen molar-refractivity contribution in [3.05, 3.63) is 46.8 Å². The van der Waals surface area contributed by atoms with Gasteiger partial charge in [0.1, 0.15) is 11.6 Å². The van der Waals surface area contributed by atoms with Gasteiger partial charge in [0.25, 0.3) is 0 Å². The van der Waals surface area contributed by atoms with Crippen molar-refractivity contribution in [1.82, 2.24) is 24.5 Å². The summed E-state index contributed by atoms with van der Waals surface area (Å²) in [6.07, 6.45) is 5.23. The molecule has 3 aromatic rings. The van der Waals surface area contributed by atoms with Gasteiger partial charge in [0.15, 0.2) is 5.65 Å². The monoisotopic (exact) mass is 303 g/mol. The van der Waals surface area contributed by atoms with Crippen LogP contribution in [-0.4, -0.2) is 24.5 Å². The van der Waals surface area contributed by atoms with E-state index in [1.54, 1.807) is 24.7 Å². The minimum Gasteiger partial charge on any atom is -0.319 e. The van der Waals surface area contributed by atoms with Crippen molar-refractivity contribution in [2.24, 2.45) is 0 Å². The Balaban J connectivity index is 2.11. The molecule has 0 aliphatic rings. The molecule has 0 radical (unpaired) electrons. The number of rotatable bonds is 2. The Labute approximate surface area is 112 Å². The van der Waals surface area contributed by atoms with Gasteiger partial charge in [-0.2, -0.15) is 0 Å². The summed E-state index contributed by atoms with van der Waals surface area (Å²) < 4.78 is 2.99.